The van der Waals surface area contributed by atoms with Crippen LogP contribution in [-0.4, -0.2) is 64.2 Å². The molecule has 260 valence electrons. The highest BCUT2D eigenvalue weighted by Gasteiger charge is 2.46. The van der Waals surface area contributed by atoms with Crippen LogP contribution in [0, 0.1) is 26.2 Å². The molecular formula is C35H39ClF3N7O3. The van der Waals surface area contributed by atoms with Gasteiger partial charge in [0, 0.05) is 42.5 Å². The van der Waals surface area contributed by atoms with Crippen LogP contribution in [0.3, 0.4) is 0 Å². The Morgan fingerprint density at radius 3 is 2.43 bits per heavy atom. The summed E-state index contributed by atoms with van der Waals surface area (Å²) in [7, 11) is 0. The highest BCUT2D eigenvalue weighted by molar-refractivity contribution is 6.32. The maximum Gasteiger partial charge on any atom is 0.429 e. The second-order valence-electron chi connectivity index (χ2n) is 12.9. The van der Waals surface area contributed by atoms with Crippen LogP contribution in [0.25, 0.3) is 16.8 Å². The summed E-state index contributed by atoms with van der Waals surface area (Å²) in [5.41, 5.74) is 9.86. The molecule has 3 N–H and O–H groups in total. The number of carbonyl (C=O) groups is 1. The molecule has 2 saturated heterocycles. The first-order valence-electron chi connectivity index (χ1n) is 16.2. The molecule has 2 atom stereocenters. The van der Waals surface area contributed by atoms with E-state index in [0.29, 0.717) is 54.8 Å². The Bertz CT molecular complexity index is 1830. The molecule has 0 saturated carbocycles. The number of ether oxygens (including phenoxy) is 2. The lowest BCUT2D eigenvalue weighted by atomic mass is 9.76. The molecule has 2 aromatic heterocycles. The average Bonchev–Trinajstić information content (AvgIpc) is 3.68. The Morgan fingerprint density at radius 2 is 1.80 bits per heavy atom. The second kappa shape index (κ2) is 13.5. The van der Waals surface area contributed by atoms with Crippen molar-refractivity contribution in [1.82, 2.24) is 25.1 Å². The first kappa shape index (κ1) is 34.5. The number of anilines is 2. The van der Waals surface area contributed by atoms with Crippen molar-refractivity contribution in [3.63, 3.8) is 0 Å². The maximum absolute atomic E-state index is 14.9. The number of alkyl halides is 3. The number of nitrogens with two attached hydrogens (primary N) is 1. The van der Waals surface area contributed by atoms with Gasteiger partial charge in [0.25, 0.3) is 0 Å². The van der Waals surface area contributed by atoms with Crippen molar-refractivity contribution in [2.45, 2.75) is 65.3 Å². The molecule has 0 amide bonds. The van der Waals surface area contributed by atoms with E-state index in [4.69, 9.17) is 26.8 Å². The van der Waals surface area contributed by atoms with Crippen molar-refractivity contribution in [2.24, 2.45) is 5.41 Å². The molecule has 4 aromatic rings. The lowest BCUT2D eigenvalue weighted by molar-refractivity contribution is -0.198. The second-order valence-corrected chi connectivity index (χ2v) is 13.3. The molecule has 0 radical (unpaired) electrons. The molecule has 14 heteroatoms. The van der Waals surface area contributed by atoms with Gasteiger partial charge in [0.05, 0.1) is 18.0 Å². The monoisotopic (exact) mass is 697 g/mol. The van der Waals surface area contributed by atoms with E-state index in [2.05, 4.69) is 20.4 Å². The normalized spacial score (nSPS) is 18.1. The number of esters is 1. The average molecular weight is 698 g/mol. The number of hydrogen-bond acceptors (Lipinski definition) is 9. The fraction of sp³-hybridized carbons (Fsp3) is 0.429. The summed E-state index contributed by atoms with van der Waals surface area (Å²) in [4.78, 5) is 22.6. The van der Waals surface area contributed by atoms with Gasteiger partial charge in [0.2, 0.25) is 17.9 Å². The minimum absolute atomic E-state index is 0.0793. The van der Waals surface area contributed by atoms with E-state index in [9.17, 15) is 18.0 Å². The van der Waals surface area contributed by atoms with Crippen LogP contribution in [0.1, 0.15) is 54.7 Å². The van der Waals surface area contributed by atoms with E-state index >= 15 is 0 Å². The van der Waals surface area contributed by atoms with Gasteiger partial charge in [0.1, 0.15) is 11.9 Å². The van der Waals surface area contributed by atoms with E-state index in [1.54, 1.807) is 38.2 Å². The first-order chi connectivity index (χ1) is 23.2. The molecule has 0 unspecified atom stereocenters. The third-order valence-electron chi connectivity index (χ3n) is 9.37. The Hall–Kier alpha value is -4.36. The molecule has 1 spiro atoms. The SMILES string of the molecule is CCOC(=O)[C@@H]1CC2(CCN(c3cc(O[C@H](c4ccc(-c5cc(C)c(Cl)c(C)c5)cc4-n4ccc(C)n4)C(F)(F)F)nc(N)n3)CC2)CN1. The van der Waals surface area contributed by atoms with Crippen molar-refractivity contribution >= 4 is 29.3 Å². The zero-order valence-corrected chi connectivity index (χ0v) is 28.5. The van der Waals surface area contributed by atoms with Crippen LogP contribution in [0.15, 0.2) is 48.7 Å². The van der Waals surface area contributed by atoms with Crippen molar-refractivity contribution in [3.8, 4) is 22.7 Å². The van der Waals surface area contributed by atoms with Crippen molar-refractivity contribution in [2.75, 3.05) is 36.9 Å². The van der Waals surface area contributed by atoms with Crippen LogP contribution in [0.5, 0.6) is 5.88 Å². The summed E-state index contributed by atoms with van der Waals surface area (Å²) in [5.74, 6) is -0.379. The van der Waals surface area contributed by atoms with E-state index in [0.717, 1.165) is 29.5 Å². The Labute approximate surface area is 287 Å². The number of carbonyl (C=O) groups excluding carboxylic acids is 1. The smallest absolute Gasteiger partial charge is 0.429 e. The van der Waals surface area contributed by atoms with Crippen LogP contribution in [0.2, 0.25) is 5.02 Å². The number of nitrogens with one attached hydrogen (secondary N) is 1. The number of benzene rings is 2. The molecule has 4 heterocycles. The van der Waals surface area contributed by atoms with Crippen LogP contribution >= 0.6 is 11.6 Å². The van der Waals surface area contributed by atoms with Crippen LogP contribution in [-0.2, 0) is 9.53 Å². The van der Waals surface area contributed by atoms with Gasteiger partial charge >= 0.3 is 12.1 Å². The maximum atomic E-state index is 14.9. The number of piperidine rings is 1. The van der Waals surface area contributed by atoms with E-state index in [1.165, 1.54) is 16.8 Å². The summed E-state index contributed by atoms with van der Waals surface area (Å²) >= 11 is 6.39. The predicted octanol–water partition coefficient (Wildman–Crippen LogP) is 6.68. The Kier molecular flexibility index (Phi) is 9.51. The molecule has 10 nitrogen and oxygen atoms in total. The van der Waals surface area contributed by atoms with Gasteiger partial charge in [-0.2, -0.15) is 28.2 Å². The van der Waals surface area contributed by atoms with Crippen LogP contribution < -0.4 is 20.7 Å². The number of hydrogen-bond donors (Lipinski definition) is 2. The highest BCUT2D eigenvalue weighted by atomic mass is 35.5. The van der Waals surface area contributed by atoms with Gasteiger partial charge in [-0.25, -0.2) is 4.68 Å². The molecule has 0 aliphatic carbocycles. The predicted molar refractivity (Wildman–Crippen MR) is 181 cm³/mol. The van der Waals surface area contributed by atoms with Gasteiger partial charge in [-0.15, -0.1) is 0 Å². The third kappa shape index (κ3) is 7.32. The highest BCUT2D eigenvalue weighted by Crippen LogP contribution is 2.43. The zero-order chi connectivity index (χ0) is 35.1. The van der Waals surface area contributed by atoms with Gasteiger partial charge in [-0.3, -0.25) is 4.79 Å². The number of rotatable bonds is 8. The lowest BCUT2D eigenvalue weighted by Gasteiger charge is -2.39. The van der Waals surface area contributed by atoms with E-state index in [-0.39, 0.29) is 40.5 Å². The van der Waals surface area contributed by atoms with E-state index in [1.807, 2.05) is 30.9 Å². The number of aromatic nitrogens is 4. The topological polar surface area (TPSA) is 120 Å². The summed E-state index contributed by atoms with van der Waals surface area (Å²) < 4.78 is 57.1. The Morgan fingerprint density at radius 1 is 1.08 bits per heavy atom. The molecule has 2 fully saturated rings. The largest absolute Gasteiger partial charge is 0.465 e. The van der Waals surface area contributed by atoms with Crippen molar-refractivity contribution < 1.29 is 27.4 Å². The first-order valence-corrected chi connectivity index (χ1v) is 16.6. The molecule has 2 aromatic carbocycles. The fourth-order valence-electron chi connectivity index (χ4n) is 6.80. The fourth-order valence-corrected chi connectivity index (χ4v) is 6.91. The lowest BCUT2D eigenvalue weighted by Crippen LogP contribution is -2.41. The van der Waals surface area contributed by atoms with E-state index < -0.39 is 12.3 Å². The number of nitrogens with zero attached hydrogens (tertiary/aromatic N) is 5. The van der Waals surface area contributed by atoms with Crippen molar-refractivity contribution in [1.29, 1.82) is 0 Å². The van der Waals surface area contributed by atoms with Gasteiger partial charge in [-0.1, -0.05) is 23.7 Å². The summed E-state index contributed by atoms with van der Waals surface area (Å²) in [5, 5.41) is 8.36. The molecule has 6 rings (SSSR count). The van der Waals surface area contributed by atoms with Gasteiger partial charge < -0.3 is 25.4 Å². The molecular weight excluding hydrogens is 659 g/mol. The minimum Gasteiger partial charge on any atom is -0.465 e. The number of halogens is 4. The quantitative estimate of drug-likeness (QED) is 0.194. The number of nitrogen functional groups attached to an aromatic ring is 1. The Balaban J connectivity index is 1.29. The molecule has 49 heavy (non-hydrogen) atoms. The molecule has 2 aliphatic heterocycles. The summed E-state index contributed by atoms with van der Waals surface area (Å²) in [6.07, 6.45) is -3.43. The summed E-state index contributed by atoms with van der Waals surface area (Å²) in [6.45, 7) is 9.47. The number of aryl methyl sites for hydroxylation is 3. The minimum atomic E-state index is -4.83. The van der Waals surface area contributed by atoms with Gasteiger partial charge in [0.15, 0.2) is 0 Å². The molecule has 0 bridgehead atoms. The van der Waals surface area contributed by atoms with Crippen molar-refractivity contribution in [3.05, 3.63) is 76.1 Å². The zero-order valence-electron chi connectivity index (χ0n) is 27.8. The van der Waals surface area contributed by atoms with Gasteiger partial charge in [-0.05, 0) is 98.9 Å². The summed E-state index contributed by atoms with van der Waals surface area (Å²) in [6, 6.07) is 11.3. The standard InChI is InChI=1S/C35H39ClF3N7O3/c1-5-48-32(47)26-18-34(19-41-26)9-12-45(13-10-34)28-17-29(43-33(40)42-28)49-31(35(37,38)39)25-7-6-23(16-27(25)46-11-8-22(4)44-46)24-14-20(2)30(36)21(3)15-24/h6-8,11,14-17,26,31,41H,5,9-10,12-13,18-19H2,1-4H3,(H2,40,42,43)/t26-,31+/m0/s1. The molecule has 2 aliphatic rings. The van der Waals surface area contributed by atoms with Crippen LogP contribution in [0.4, 0.5) is 24.9 Å². The third-order valence-corrected chi connectivity index (χ3v) is 9.97.